The van der Waals surface area contributed by atoms with Crippen LogP contribution >= 0.6 is 11.6 Å². The average Bonchev–Trinajstić information content (AvgIpc) is 2.95. The number of hydrogen-bond acceptors (Lipinski definition) is 4. The van der Waals surface area contributed by atoms with E-state index < -0.39 is 5.56 Å². The lowest BCUT2D eigenvalue weighted by atomic mass is 10.1. The van der Waals surface area contributed by atoms with Gasteiger partial charge in [0.1, 0.15) is 10.7 Å². The van der Waals surface area contributed by atoms with Crippen molar-refractivity contribution in [3.05, 3.63) is 57.1 Å². The van der Waals surface area contributed by atoms with E-state index in [2.05, 4.69) is 38.7 Å². The Hall–Kier alpha value is -2.60. The fourth-order valence-electron chi connectivity index (χ4n) is 2.27. The Kier molecular flexibility index (Phi) is 3.93. The number of rotatable bonds is 4. The quantitative estimate of drug-likeness (QED) is 0.511. The molecule has 112 valence electrons. The third-order valence-corrected chi connectivity index (χ3v) is 3.77. The predicted octanol–water partition coefficient (Wildman–Crippen LogP) is 2.91. The number of benzene rings is 1. The molecule has 3 N–H and O–H groups in total. The minimum atomic E-state index is -0.457. The molecule has 0 amide bonds. The Morgan fingerprint density at radius 3 is 3.14 bits per heavy atom. The van der Waals surface area contributed by atoms with Crippen molar-refractivity contribution in [2.75, 3.05) is 5.43 Å². The molecule has 0 aliphatic rings. The van der Waals surface area contributed by atoms with Gasteiger partial charge in [-0.05, 0) is 12.0 Å². The van der Waals surface area contributed by atoms with Crippen molar-refractivity contribution in [3.8, 4) is 0 Å². The van der Waals surface area contributed by atoms with Crippen LogP contribution in [0.5, 0.6) is 0 Å². The summed E-state index contributed by atoms with van der Waals surface area (Å²) in [6, 6.07) is 6.16. The van der Waals surface area contributed by atoms with E-state index in [1.165, 1.54) is 11.8 Å². The molecule has 0 saturated carbocycles. The van der Waals surface area contributed by atoms with E-state index in [-0.39, 0.29) is 5.02 Å². The number of para-hydroxylation sites is 1. The van der Waals surface area contributed by atoms with Gasteiger partial charge in [0.2, 0.25) is 0 Å². The van der Waals surface area contributed by atoms with E-state index in [1.807, 2.05) is 18.3 Å². The number of aromatic amines is 2. The maximum atomic E-state index is 11.3. The zero-order valence-corrected chi connectivity index (χ0v) is 12.6. The Bertz CT molecular complexity index is 896. The van der Waals surface area contributed by atoms with Crippen LogP contribution in [0, 0.1) is 0 Å². The first-order valence-corrected chi connectivity index (χ1v) is 7.19. The monoisotopic (exact) mass is 315 g/mol. The molecule has 3 aromatic rings. The number of fused-ring (bicyclic) bond motifs is 1. The largest absolute Gasteiger partial charge is 0.360 e. The van der Waals surface area contributed by atoms with Crippen LogP contribution in [0.15, 0.2) is 40.5 Å². The highest BCUT2D eigenvalue weighted by Crippen LogP contribution is 2.21. The summed E-state index contributed by atoms with van der Waals surface area (Å²) in [7, 11) is 0. The van der Waals surface area contributed by atoms with Gasteiger partial charge >= 0.3 is 0 Å². The summed E-state index contributed by atoms with van der Waals surface area (Å²) in [5.41, 5.74) is 5.95. The van der Waals surface area contributed by atoms with E-state index in [0.717, 1.165) is 22.9 Å². The van der Waals surface area contributed by atoms with Crippen LogP contribution in [-0.4, -0.2) is 21.4 Å². The molecule has 0 atom stereocenters. The topological polar surface area (TPSA) is 85.9 Å². The third-order valence-electron chi connectivity index (χ3n) is 3.40. The second kappa shape index (κ2) is 6.03. The molecular weight excluding hydrogens is 302 g/mol. The van der Waals surface area contributed by atoms with Crippen LogP contribution < -0.4 is 11.0 Å². The first kappa shape index (κ1) is 14.3. The maximum absolute atomic E-state index is 11.3. The number of hydrazone groups is 1. The van der Waals surface area contributed by atoms with Gasteiger partial charge in [-0.15, -0.1) is 0 Å². The number of halogens is 1. The number of aromatic nitrogens is 3. The van der Waals surface area contributed by atoms with Crippen LogP contribution in [0.25, 0.3) is 10.9 Å². The lowest BCUT2D eigenvalue weighted by molar-refractivity contribution is 0.987. The molecule has 2 aromatic heterocycles. The number of aryl methyl sites for hydroxylation is 1. The minimum absolute atomic E-state index is 0.0272. The van der Waals surface area contributed by atoms with Gasteiger partial charge in [0.15, 0.2) is 0 Å². The minimum Gasteiger partial charge on any atom is -0.360 e. The molecule has 0 aliphatic carbocycles. The van der Waals surface area contributed by atoms with Gasteiger partial charge in [-0.25, -0.2) is 5.10 Å². The maximum Gasteiger partial charge on any atom is 0.285 e. The van der Waals surface area contributed by atoms with Crippen molar-refractivity contribution in [1.82, 2.24) is 15.2 Å². The second-order valence-corrected chi connectivity index (χ2v) is 5.11. The molecule has 0 unspecified atom stereocenters. The van der Waals surface area contributed by atoms with Gasteiger partial charge in [0, 0.05) is 22.7 Å². The Balaban J connectivity index is 1.87. The van der Waals surface area contributed by atoms with Gasteiger partial charge in [-0.2, -0.15) is 10.2 Å². The molecule has 22 heavy (non-hydrogen) atoms. The van der Waals surface area contributed by atoms with Gasteiger partial charge in [-0.1, -0.05) is 36.7 Å². The first-order chi connectivity index (χ1) is 10.7. The normalized spacial score (nSPS) is 11.4. The highest BCUT2D eigenvalue weighted by molar-refractivity contribution is 6.32. The van der Waals surface area contributed by atoms with Gasteiger partial charge in [0.05, 0.1) is 12.4 Å². The van der Waals surface area contributed by atoms with Crippen molar-refractivity contribution in [3.63, 3.8) is 0 Å². The summed E-state index contributed by atoms with van der Waals surface area (Å²) >= 11 is 5.86. The van der Waals surface area contributed by atoms with Crippen LogP contribution in [0.4, 0.5) is 5.69 Å². The van der Waals surface area contributed by atoms with Crippen LogP contribution in [0.2, 0.25) is 5.02 Å². The van der Waals surface area contributed by atoms with Crippen LogP contribution in [0.3, 0.4) is 0 Å². The molecule has 2 heterocycles. The molecule has 3 rings (SSSR count). The number of nitrogens with one attached hydrogen (secondary N) is 3. The van der Waals surface area contributed by atoms with Gasteiger partial charge in [-0.3, -0.25) is 10.2 Å². The zero-order chi connectivity index (χ0) is 15.5. The lowest BCUT2D eigenvalue weighted by Gasteiger charge is -2.00. The summed E-state index contributed by atoms with van der Waals surface area (Å²) in [4.78, 5) is 14.6. The first-order valence-electron chi connectivity index (χ1n) is 6.82. The molecule has 6 nitrogen and oxygen atoms in total. The highest BCUT2D eigenvalue weighted by atomic mass is 35.5. The van der Waals surface area contributed by atoms with Crippen LogP contribution in [0.1, 0.15) is 18.1 Å². The zero-order valence-electron chi connectivity index (χ0n) is 11.9. The van der Waals surface area contributed by atoms with Gasteiger partial charge < -0.3 is 4.98 Å². The van der Waals surface area contributed by atoms with E-state index in [1.54, 1.807) is 6.21 Å². The third kappa shape index (κ3) is 2.60. The standard InChI is InChI=1S/C15H14ClN5O/c1-2-9-4-3-5-11-10(6-17-14(9)11)7-18-20-12-8-19-21-15(22)13(12)16/h3-8,17H,2H2,1H3,(H2,20,21,22)/b18-7+. The van der Waals surface area contributed by atoms with Crippen molar-refractivity contribution < 1.29 is 0 Å². The van der Waals surface area contributed by atoms with Crippen LogP contribution in [-0.2, 0) is 6.42 Å². The van der Waals surface area contributed by atoms with Crippen molar-refractivity contribution >= 4 is 34.4 Å². The predicted molar refractivity (Wildman–Crippen MR) is 88.8 cm³/mol. The fourth-order valence-corrected chi connectivity index (χ4v) is 2.41. The summed E-state index contributed by atoms with van der Waals surface area (Å²) in [5, 5.41) is 11.2. The van der Waals surface area contributed by atoms with E-state index in [9.17, 15) is 4.79 Å². The van der Waals surface area contributed by atoms with E-state index >= 15 is 0 Å². The Morgan fingerprint density at radius 2 is 2.32 bits per heavy atom. The summed E-state index contributed by atoms with van der Waals surface area (Å²) in [6.07, 6.45) is 5.94. The molecule has 7 heteroatoms. The van der Waals surface area contributed by atoms with Crippen molar-refractivity contribution in [1.29, 1.82) is 0 Å². The van der Waals surface area contributed by atoms with Gasteiger partial charge in [0.25, 0.3) is 5.56 Å². The molecule has 0 aliphatic heterocycles. The average molecular weight is 316 g/mol. The molecule has 0 bridgehead atoms. The molecule has 0 fully saturated rings. The fraction of sp³-hybridized carbons (Fsp3) is 0.133. The Labute approximate surface area is 131 Å². The van der Waals surface area contributed by atoms with E-state index in [0.29, 0.717) is 5.69 Å². The second-order valence-electron chi connectivity index (χ2n) is 4.73. The number of anilines is 1. The van der Waals surface area contributed by atoms with Crippen molar-refractivity contribution in [2.24, 2.45) is 5.10 Å². The molecular formula is C15H14ClN5O. The molecule has 1 aromatic carbocycles. The smallest absolute Gasteiger partial charge is 0.285 e. The van der Waals surface area contributed by atoms with E-state index in [4.69, 9.17) is 11.6 Å². The highest BCUT2D eigenvalue weighted by Gasteiger charge is 2.05. The summed E-state index contributed by atoms with van der Waals surface area (Å²) in [5.74, 6) is 0. The summed E-state index contributed by atoms with van der Waals surface area (Å²) < 4.78 is 0. The number of hydrogen-bond donors (Lipinski definition) is 3. The number of H-pyrrole nitrogens is 2. The molecule has 0 spiro atoms. The Morgan fingerprint density at radius 1 is 1.45 bits per heavy atom. The SMILES string of the molecule is CCc1cccc2c(/C=N/Nc3cn[nH]c(=O)c3Cl)c[nH]c12. The van der Waals surface area contributed by atoms with Crippen molar-refractivity contribution in [2.45, 2.75) is 13.3 Å². The lowest BCUT2D eigenvalue weighted by Crippen LogP contribution is -2.10. The molecule has 0 radical (unpaired) electrons. The molecule has 0 saturated heterocycles. The number of nitrogens with zero attached hydrogens (tertiary/aromatic N) is 2. The summed E-state index contributed by atoms with van der Waals surface area (Å²) in [6.45, 7) is 2.12.